The smallest absolute Gasteiger partial charge is 0.228 e. The molecular weight excluding hydrogens is 388 g/mol. The van der Waals surface area contributed by atoms with Gasteiger partial charge >= 0.3 is 0 Å². The topological polar surface area (TPSA) is 67.7 Å². The van der Waals surface area contributed by atoms with Crippen molar-refractivity contribution in [3.63, 3.8) is 0 Å². The molecule has 2 aliphatic heterocycles. The number of carbonyl (C=O) groups excluding carboxylic acids is 2. The minimum atomic E-state index is -0.247. The van der Waals surface area contributed by atoms with Crippen LogP contribution in [0, 0.1) is 17.2 Å². The summed E-state index contributed by atoms with van der Waals surface area (Å²) in [5.74, 6) is -0.0768. The Hall–Kier alpha value is -3.17. The summed E-state index contributed by atoms with van der Waals surface area (Å²) in [6.07, 6.45) is 0.307. The lowest BCUT2D eigenvalue weighted by molar-refractivity contribution is -0.137. The number of amides is 2. The van der Waals surface area contributed by atoms with Gasteiger partial charge in [-0.05, 0) is 30.2 Å². The number of carbonyl (C=O) groups is 2. The second-order valence-electron chi connectivity index (χ2n) is 8.44. The molecule has 2 heterocycles. The van der Waals surface area contributed by atoms with Crippen LogP contribution in [0.25, 0.3) is 0 Å². The number of benzene rings is 2. The van der Waals surface area contributed by atoms with E-state index in [9.17, 15) is 9.59 Å². The first-order valence-electron chi connectivity index (χ1n) is 10.9. The summed E-state index contributed by atoms with van der Waals surface area (Å²) in [6.45, 7) is 6.36. The molecule has 2 aromatic carbocycles. The van der Waals surface area contributed by atoms with Crippen LogP contribution in [0.1, 0.15) is 36.1 Å². The van der Waals surface area contributed by atoms with Crippen molar-refractivity contribution in [2.45, 2.75) is 25.9 Å². The van der Waals surface area contributed by atoms with Crippen molar-refractivity contribution in [1.82, 2.24) is 14.7 Å². The maximum absolute atomic E-state index is 13.1. The van der Waals surface area contributed by atoms with Crippen molar-refractivity contribution in [2.24, 2.45) is 5.92 Å². The summed E-state index contributed by atoms with van der Waals surface area (Å²) in [6, 6.07) is 19.8. The van der Waals surface area contributed by atoms with Crippen LogP contribution < -0.4 is 0 Å². The maximum Gasteiger partial charge on any atom is 0.228 e. The Morgan fingerprint density at radius 1 is 1.06 bits per heavy atom. The van der Waals surface area contributed by atoms with Crippen molar-refractivity contribution in [3.8, 4) is 6.07 Å². The highest BCUT2D eigenvalue weighted by Crippen LogP contribution is 2.29. The Morgan fingerprint density at radius 2 is 1.74 bits per heavy atom. The number of hydrogen-bond donors (Lipinski definition) is 0. The van der Waals surface area contributed by atoms with Gasteiger partial charge in [0.05, 0.1) is 23.6 Å². The van der Waals surface area contributed by atoms with E-state index in [1.54, 1.807) is 0 Å². The van der Waals surface area contributed by atoms with E-state index in [4.69, 9.17) is 5.26 Å². The predicted octanol–water partition coefficient (Wildman–Crippen LogP) is 2.81. The summed E-state index contributed by atoms with van der Waals surface area (Å²) in [5, 5.41) is 8.92. The molecule has 2 amide bonds. The molecular formula is C25H28N4O2. The van der Waals surface area contributed by atoms with E-state index in [0.717, 1.165) is 25.2 Å². The van der Waals surface area contributed by atoms with E-state index in [2.05, 4.69) is 11.0 Å². The lowest BCUT2D eigenvalue weighted by atomic mass is 10.1. The summed E-state index contributed by atoms with van der Waals surface area (Å²) in [7, 11) is 0. The minimum absolute atomic E-state index is 0.0178. The molecule has 0 aliphatic carbocycles. The van der Waals surface area contributed by atoms with E-state index in [1.165, 1.54) is 5.56 Å². The van der Waals surface area contributed by atoms with Crippen LogP contribution in [0.5, 0.6) is 0 Å². The van der Waals surface area contributed by atoms with Gasteiger partial charge in [-0.3, -0.25) is 14.5 Å². The average Bonchev–Trinajstić information content (AvgIpc) is 3.21. The molecule has 0 spiro atoms. The number of piperazine rings is 1. The SMILES string of the molecule is C[C@@H](c1ccccc1)N1C[C@H](C(=O)N2CCN(Cc3ccc(C#N)cc3)CC2)CC1=O. The van der Waals surface area contributed by atoms with E-state index in [1.807, 2.05) is 71.3 Å². The third kappa shape index (κ3) is 4.78. The fraction of sp³-hybridized carbons (Fsp3) is 0.400. The second-order valence-corrected chi connectivity index (χ2v) is 8.44. The van der Waals surface area contributed by atoms with Crippen molar-refractivity contribution < 1.29 is 9.59 Å². The molecule has 2 saturated heterocycles. The molecule has 2 fully saturated rings. The van der Waals surface area contributed by atoms with Crippen molar-refractivity contribution in [1.29, 1.82) is 5.26 Å². The van der Waals surface area contributed by atoms with Crippen molar-refractivity contribution >= 4 is 11.8 Å². The maximum atomic E-state index is 13.1. The van der Waals surface area contributed by atoms with Gasteiger partial charge in [0.2, 0.25) is 11.8 Å². The molecule has 6 nitrogen and oxygen atoms in total. The molecule has 4 rings (SSSR count). The molecule has 2 atom stereocenters. The summed E-state index contributed by atoms with van der Waals surface area (Å²) < 4.78 is 0. The molecule has 0 radical (unpaired) electrons. The minimum Gasteiger partial charge on any atom is -0.340 e. The van der Waals surface area contributed by atoms with Crippen LogP contribution in [0.4, 0.5) is 0 Å². The number of hydrogen-bond acceptors (Lipinski definition) is 4. The van der Waals surface area contributed by atoms with E-state index in [-0.39, 0.29) is 23.8 Å². The van der Waals surface area contributed by atoms with Crippen molar-refractivity contribution in [2.75, 3.05) is 32.7 Å². The van der Waals surface area contributed by atoms with Crippen LogP contribution >= 0.6 is 0 Å². The van der Waals surface area contributed by atoms with E-state index < -0.39 is 0 Å². The molecule has 0 aromatic heterocycles. The summed E-state index contributed by atoms with van der Waals surface area (Å²) >= 11 is 0. The van der Waals surface area contributed by atoms with Gasteiger partial charge in [0, 0.05) is 45.7 Å². The molecule has 160 valence electrons. The zero-order chi connectivity index (χ0) is 21.8. The largest absolute Gasteiger partial charge is 0.340 e. The first kappa shape index (κ1) is 21.1. The quantitative estimate of drug-likeness (QED) is 0.752. The van der Waals surface area contributed by atoms with Crippen LogP contribution in [0.15, 0.2) is 54.6 Å². The predicted molar refractivity (Wildman–Crippen MR) is 118 cm³/mol. The molecule has 0 unspecified atom stereocenters. The molecule has 2 aromatic rings. The van der Waals surface area contributed by atoms with Gasteiger partial charge in [-0.15, -0.1) is 0 Å². The van der Waals surface area contributed by atoms with Crippen LogP contribution in [-0.2, 0) is 16.1 Å². The highest BCUT2D eigenvalue weighted by atomic mass is 16.2. The van der Waals surface area contributed by atoms with Crippen molar-refractivity contribution in [3.05, 3.63) is 71.3 Å². The summed E-state index contributed by atoms with van der Waals surface area (Å²) in [4.78, 5) is 31.8. The Bertz CT molecular complexity index is 959. The van der Waals surface area contributed by atoms with Crippen LogP contribution in [-0.4, -0.2) is 59.2 Å². The van der Waals surface area contributed by atoms with Gasteiger partial charge in [-0.2, -0.15) is 5.26 Å². The van der Waals surface area contributed by atoms with Crippen LogP contribution in [0.3, 0.4) is 0 Å². The molecule has 0 bridgehead atoms. The first-order valence-corrected chi connectivity index (χ1v) is 10.9. The van der Waals surface area contributed by atoms with Gasteiger partial charge in [0.1, 0.15) is 0 Å². The molecule has 0 N–H and O–H groups in total. The monoisotopic (exact) mass is 416 g/mol. The van der Waals surface area contributed by atoms with Gasteiger partial charge < -0.3 is 9.80 Å². The van der Waals surface area contributed by atoms with Crippen LogP contribution in [0.2, 0.25) is 0 Å². The van der Waals surface area contributed by atoms with Gasteiger partial charge in [-0.1, -0.05) is 42.5 Å². The number of likely N-dealkylation sites (tertiary alicyclic amines) is 1. The normalized spacial score (nSPS) is 20.5. The van der Waals surface area contributed by atoms with E-state index in [0.29, 0.717) is 31.6 Å². The zero-order valence-electron chi connectivity index (χ0n) is 17.9. The van der Waals surface area contributed by atoms with Gasteiger partial charge in [0.25, 0.3) is 0 Å². The lowest BCUT2D eigenvalue weighted by Gasteiger charge is -2.36. The lowest BCUT2D eigenvalue weighted by Crippen LogP contribution is -2.50. The summed E-state index contributed by atoms with van der Waals surface area (Å²) in [5.41, 5.74) is 2.94. The highest BCUT2D eigenvalue weighted by Gasteiger charge is 2.39. The number of rotatable bonds is 5. The zero-order valence-corrected chi connectivity index (χ0v) is 17.9. The van der Waals surface area contributed by atoms with E-state index >= 15 is 0 Å². The Labute approximate surface area is 183 Å². The Kier molecular flexibility index (Phi) is 6.34. The molecule has 0 saturated carbocycles. The molecule has 6 heteroatoms. The Morgan fingerprint density at radius 3 is 2.39 bits per heavy atom. The first-order chi connectivity index (χ1) is 15.0. The third-order valence-electron chi connectivity index (χ3n) is 6.43. The van der Waals surface area contributed by atoms with Gasteiger partial charge in [0.15, 0.2) is 0 Å². The number of nitriles is 1. The van der Waals surface area contributed by atoms with Gasteiger partial charge in [-0.25, -0.2) is 0 Å². The third-order valence-corrected chi connectivity index (χ3v) is 6.43. The standard InChI is InChI=1S/C25H28N4O2/c1-19(22-5-3-2-4-6-22)29-18-23(15-24(29)30)25(31)28-13-11-27(12-14-28)17-21-9-7-20(16-26)8-10-21/h2-10,19,23H,11-15,17-18H2,1H3/t19-,23+/m0/s1. The average molecular weight is 417 g/mol. The fourth-order valence-electron chi connectivity index (χ4n) is 4.51. The fourth-order valence-corrected chi connectivity index (χ4v) is 4.51. The Balaban J connectivity index is 1.29. The molecule has 2 aliphatic rings. The highest BCUT2D eigenvalue weighted by molar-refractivity contribution is 5.89. The number of nitrogens with zero attached hydrogens (tertiary/aromatic N) is 4. The molecule has 31 heavy (non-hydrogen) atoms. The second kappa shape index (κ2) is 9.32.